The van der Waals surface area contributed by atoms with Crippen molar-refractivity contribution in [3.05, 3.63) is 57.0 Å². The van der Waals surface area contributed by atoms with Crippen LogP contribution in [-0.4, -0.2) is 31.7 Å². The number of nitrogens with zero attached hydrogens (tertiary/aromatic N) is 2. The minimum absolute atomic E-state index is 0.0457. The van der Waals surface area contributed by atoms with Crippen LogP contribution in [0, 0.1) is 13.8 Å². The zero-order valence-electron chi connectivity index (χ0n) is 16.7. The summed E-state index contributed by atoms with van der Waals surface area (Å²) in [5.41, 5.74) is 4.47. The molecule has 0 atom stereocenters. The molecule has 0 aliphatic carbocycles. The lowest BCUT2D eigenvalue weighted by atomic mass is 10.00. The fraction of sp³-hybridized carbons (Fsp3) is 0.333. The van der Waals surface area contributed by atoms with Crippen LogP contribution in [0.15, 0.2) is 29.1 Å². The van der Waals surface area contributed by atoms with Crippen molar-refractivity contribution in [3.8, 4) is 0 Å². The largest absolute Gasteiger partial charge is 0.481 e. The Morgan fingerprint density at radius 2 is 1.97 bits per heavy atom. The lowest BCUT2D eigenvalue weighted by Gasteiger charge is -2.11. The number of carbonyl (C=O) groups is 2. The fourth-order valence-corrected chi connectivity index (χ4v) is 3.53. The number of carbonyl (C=O) groups excluding carboxylic acids is 1. The quantitative estimate of drug-likeness (QED) is 0.567. The Kier molecular flexibility index (Phi) is 5.81. The van der Waals surface area contributed by atoms with Crippen LogP contribution >= 0.6 is 0 Å². The number of nitrogens with one attached hydrogen (secondary N) is 2. The lowest BCUT2D eigenvalue weighted by Crippen LogP contribution is -2.14. The SMILES string of the molecule is Cc1nc2c(c(C)c1CCC(=O)Nc1cccc(CCC(=O)O)c1)c(=O)[nH]n2C. The van der Waals surface area contributed by atoms with E-state index in [2.05, 4.69) is 15.4 Å². The molecule has 2 heterocycles. The number of aryl methyl sites for hydroxylation is 4. The second kappa shape index (κ2) is 8.30. The van der Waals surface area contributed by atoms with Gasteiger partial charge in [-0.25, -0.2) is 4.98 Å². The fourth-order valence-electron chi connectivity index (χ4n) is 3.53. The van der Waals surface area contributed by atoms with Gasteiger partial charge in [0.25, 0.3) is 5.56 Å². The number of carboxylic acid groups (broad SMARTS) is 1. The van der Waals surface area contributed by atoms with Crippen LogP contribution in [0.1, 0.15) is 35.2 Å². The van der Waals surface area contributed by atoms with Crippen molar-refractivity contribution >= 4 is 28.6 Å². The number of pyridine rings is 1. The Bertz CT molecular complexity index is 1140. The molecule has 3 rings (SSSR count). The van der Waals surface area contributed by atoms with Crippen molar-refractivity contribution in [2.24, 2.45) is 7.05 Å². The molecule has 8 nitrogen and oxygen atoms in total. The molecular formula is C21H24N4O4. The van der Waals surface area contributed by atoms with Crippen LogP contribution in [0.4, 0.5) is 5.69 Å². The summed E-state index contributed by atoms with van der Waals surface area (Å²) in [6.45, 7) is 3.76. The van der Waals surface area contributed by atoms with E-state index in [0.717, 1.165) is 22.4 Å². The zero-order valence-corrected chi connectivity index (χ0v) is 16.7. The predicted molar refractivity (Wildman–Crippen MR) is 110 cm³/mol. The number of anilines is 1. The second-order valence-corrected chi connectivity index (χ2v) is 7.14. The first-order valence-electron chi connectivity index (χ1n) is 9.41. The van der Waals surface area contributed by atoms with E-state index >= 15 is 0 Å². The lowest BCUT2D eigenvalue weighted by molar-refractivity contribution is -0.137. The maximum Gasteiger partial charge on any atom is 0.303 e. The molecule has 8 heteroatoms. The number of aromatic amines is 1. The average molecular weight is 396 g/mol. The molecule has 0 spiro atoms. The summed E-state index contributed by atoms with van der Waals surface area (Å²) in [5, 5.41) is 14.9. The molecule has 0 radical (unpaired) electrons. The smallest absolute Gasteiger partial charge is 0.303 e. The molecule has 29 heavy (non-hydrogen) atoms. The Balaban J connectivity index is 1.70. The number of fused-ring (bicyclic) bond motifs is 1. The third-order valence-electron chi connectivity index (χ3n) is 5.02. The van der Waals surface area contributed by atoms with Gasteiger partial charge < -0.3 is 10.4 Å². The number of hydrogen-bond donors (Lipinski definition) is 3. The van der Waals surface area contributed by atoms with Crippen molar-refractivity contribution in [2.45, 2.75) is 39.5 Å². The minimum Gasteiger partial charge on any atom is -0.481 e. The number of H-pyrrole nitrogens is 1. The molecule has 0 aliphatic rings. The van der Waals surface area contributed by atoms with Gasteiger partial charge in [0.1, 0.15) is 0 Å². The molecule has 0 unspecified atom stereocenters. The number of hydrogen-bond acceptors (Lipinski definition) is 4. The summed E-state index contributed by atoms with van der Waals surface area (Å²) in [4.78, 5) is 39.8. The maximum absolute atomic E-state index is 12.4. The highest BCUT2D eigenvalue weighted by Gasteiger charge is 2.16. The van der Waals surface area contributed by atoms with Crippen molar-refractivity contribution in [1.82, 2.24) is 14.8 Å². The average Bonchev–Trinajstić information content (AvgIpc) is 2.93. The first-order valence-corrected chi connectivity index (χ1v) is 9.41. The molecule has 2 aromatic heterocycles. The summed E-state index contributed by atoms with van der Waals surface area (Å²) < 4.78 is 1.60. The molecule has 0 saturated carbocycles. The third-order valence-corrected chi connectivity index (χ3v) is 5.02. The minimum atomic E-state index is -0.854. The number of aromatic nitrogens is 3. The van der Waals surface area contributed by atoms with Gasteiger partial charge in [-0.3, -0.25) is 24.2 Å². The molecule has 1 aromatic carbocycles. The second-order valence-electron chi connectivity index (χ2n) is 7.14. The van der Waals surface area contributed by atoms with E-state index in [1.54, 1.807) is 29.9 Å². The van der Waals surface area contributed by atoms with Gasteiger partial charge in [-0.1, -0.05) is 12.1 Å². The van der Waals surface area contributed by atoms with Crippen LogP contribution in [0.2, 0.25) is 0 Å². The van der Waals surface area contributed by atoms with E-state index in [0.29, 0.717) is 29.6 Å². The number of rotatable bonds is 7. The van der Waals surface area contributed by atoms with Gasteiger partial charge in [0, 0.05) is 31.3 Å². The van der Waals surface area contributed by atoms with Gasteiger partial charge in [-0.15, -0.1) is 0 Å². The topological polar surface area (TPSA) is 117 Å². The third kappa shape index (κ3) is 4.53. The summed E-state index contributed by atoms with van der Waals surface area (Å²) in [5.74, 6) is -1.01. The van der Waals surface area contributed by atoms with Crippen LogP contribution in [0.25, 0.3) is 11.0 Å². The first kappa shape index (κ1) is 20.3. The highest BCUT2D eigenvalue weighted by molar-refractivity contribution is 5.91. The molecule has 3 N–H and O–H groups in total. The normalized spacial score (nSPS) is 11.0. The number of benzene rings is 1. The zero-order chi connectivity index (χ0) is 21.1. The van der Waals surface area contributed by atoms with Gasteiger partial charge >= 0.3 is 5.97 Å². The number of carboxylic acids is 1. The molecule has 0 fully saturated rings. The van der Waals surface area contributed by atoms with Crippen LogP contribution in [0.3, 0.4) is 0 Å². The standard InChI is InChI=1S/C21H24N4O4/c1-12-16(13(2)22-20-19(12)21(29)24-25(20)3)8-9-17(26)23-15-6-4-5-14(11-15)7-10-18(27)28/h4-6,11H,7-10H2,1-3H3,(H,23,26)(H,24,29)(H,27,28). The molecule has 0 aliphatic heterocycles. The molecule has 0 saturated heterocycles. The first-order chi connectivity index (χ1) is 13.8. The van der Waals surface area contributed by atoms with Crippen LogP contribution in [0.5, 0.6) is 0 Å². The van der Waals surface area contributed by atoms with Gasteiger partial charge in [0.15, 0.2) is 5.65 Å². The van der Waals surface area contributed by atoms with Gasteiger partial charge in [-0.05, 0) is 55.5 Å². The summed E-state index contributed by atoms with van der Waals surface area (Å²) in [6, 6.07) is 7.19. The molecular weight excluding hydrogens is 372 g/mol. The molecule has 3 aromatic rings. The van der Waals surface area contributed by atoms with Crippen LogP contribution < -0.4 is 10.9 Å². The maximum atomic E-state index is 12.4. The van der Waals surface area contributed by atoms with Crippen molar-refractivity contribution in [1.29, 1.82) is 0 Å². The van der Waals surface area contributed by atoms with E-state index in [-0.39, 0.29) is 24.3 Å². The summed E-state index contributed by atoms with van der Waals surface area (Å²) in [6.07, 6.45) is 1.18. The van der Waals surface area contributed by atoms with Gasteiger partial charge in [0.05, 0.1) is 5.39 Å². The Hall–Kier alpha value is -3.42. The van der Waals surface area contributed by atoms with Gasteiger partial charge in [-0.2, -0.15) is 0 Å². The summed E-state index contributed by atoms with van der Waals surface area (Å²) >= 11 is 0. The van der Waals surface area contributed by atoms with Crippen molar-refractivity contribution in [3.63, 3.8) is 0 Å². The van der Waals surface area contributed by atoms with E-state index in [1.165, 1.54) is 0 Å². The van der Waals surface area contributed by atoms with E-state index in [1.807, 2.05) is 19.9 Å². The summed E-state index contributed by atoms with van der Waals surface area (Å²) in [7, 11) is 1.74. The highest BCUT2D eigenvalue weighted by atomic mass is 16.4. The monoisotopic (exact) mass is 396 g/mol. The number of aliphatic carboxylic acids is 1. The number of amides is 1. The van der Waals surface area contributed by atoms with Crippen LogP contribution in [-0.2, 0) is 29.5 Å². The van der Waals surface area contributed by atoms with E-state index in [9.17, 15) is 14.4 Å². The molecule has 0 bridgehead atoms. The Morgan fingerprint density at radius 3 is 2.69 bits per heavy atom. The van der Waals surface area contributed by atoms with E-state index in [4.69, 9.17) is 5.11 Å². The molecule has 1 amide bonds. The Morgan fingerprint density at radius 1 is 1.21 bits per heavy atom. The molecule has 152 valence electrons. The van der Waals surface area contributed by atoms with E-state index < -0.39 is 5.97 Å². The predicted octanol–water partition coefficient (Wildman–Crippen LogP) is 2.47. The Labute approximate surface area is 167 Å². The van der Waals surface area contributed by atoms with Crippen molar-refractivity contribution < 1.29 is 14.7 Å². The van der Waals surface area contributed by atoms with Gasteiger partial charge in [0.2, 0.25) is 5.91 Å². The highest BCUT2D eigenvalue weighted by Crippen LogP contribution is 2.21. The van der Waals surface area contributed by atoms with Crippen molar-refractivity contribution in [2.75, 3.05) is 5.32 Å².